The number of hydrogen-bond donors (Lipinski definition) is 1. The number of carbonyl (C=O) groups is 2. The third-order valence-electron chi connectivity index (χ3n) is 3.36. The van der Waals surface area contributed by atoms with Crippen molar-refractivity contribution in [3.05, 3.63) is 29.8 Å². The summed E-state index contributed by atoms with van der Waals surface area (Å²) >= 11 is 4.31. The molecule has 0 bridgehead atoms. The monoisotopic (exact) mass is 278 g/mol. The van der Waals surface area contributed by atoms with Gasteiger partial charge in [0.2, 0.25) is 5.91 Å². The zero-order valence-electron chi connectivity index (χ0n) is 11.0. The molecule has 0 aliphatic carbocycles. The maximum Gasteiger partial charge on any atom is 0.255 e. The number of thiol groups is 1. The standard InChI is InChI=1S/C14H18N2O2S/c1-2-13(17)15-7-9-16(10-8-15)14(18)11-5-3-4-6-12(11)19/h3-6,19H,2,7-10H2,1H3. The summed E-state index contributed by atoms with van der Waals surface area (Å²) in [6, 6.07) is 7.29. The van der Waals surface area contributed by atoms with Crippen molar-refractivity contribution in [3.8, 4) is 0 Å². The van der Waals surface area contributed by atoms with Gasteiger partial charge in [0.05, 0.1) is 5.56 Å². The zero-order chi connectivity index (χ0) is 13.8. The van der Waals surface area contributed by atoms with Gasteiger partial charge in [-0.05, 0) is 12.1 Å². The van der Waals surface area contributed by atoms with Crippen LogP contribution in [-0.4, -0.2) is 47.8 Å². The molecule has 0 spiro atoms. The number of piperazine rings is 1. The molecule has 0 saturated carbocycles. The quantitative estimate of drug-likeness (QED) is 0.836. The molecule has 0 atom stereocenters. The fraction of sp³-hybridized carbons (Fsp3) is 0.429. The Morgan fingerprint density at radius 3 is 2.26 bits per heavy atom. The number of benzene rings is 1. The lowest BCUT2D eigenvalue weighted by Gasteiger charge is -2.34. The van der Waals surface area contributed by atoms with E-state index >= 15 is 0 Å². The van der Waals surface area contributed by atoms with E-state index in [1.807, 2.05) is 30.0 Å². The van der Waals surface area contributed by atoms with Crippen molar-refractivity contribution in [2.75, 3.05) is 26.2 Å². The summed E-state index contributed by atoms with van der Waals surface area (Å²) in [7, 11) is 0. The molecule has 1 aromatic carbocycles. The van der Waals surface area contributed by atoms with Crippen molar-refractivity contribution in [3.63, 3.8) is 0 Å². The van der Waals surface area contributed by atoms with Gasteiger partial charge in [-0.2, -0.15) is 0 Å². The topological polar surface area (TPSA) is 40.6 Å². The number of hydrogen-bond acceptors (Lipinski definition) is 3. The molecular formula is C14H18N2O2S. The van der Waals surface area contributed by atoms with E-state index < -0.39 is 0 Å². The molecule has 5 heteroatoms. The average molecular weight is 278 g/mol. The van der Waals surface area contributed by atoms with Crippen LogP contribution in [0.3, 0.4) is 0 Å². The van der Waals surface area contributed by atoms with Crippen LogP contribution in [0.1, 0.15) is 23.7 Å². The Labute approximate surface area is 118 Å². The summed E-state index contributed by atoms with van der Waals surface area (Å²) in [5.41, 5.74) is 0.626. The fourth-order valence-corrected chi connectivity index (χ4v) is 2.46. The van der Waals surface area contributed by atoms with Gasteiger partial charge in [-0.3, -0.25) is 9.59 Å². The molecule has 0 unspecified atom stereocenters. The predicted octanol–water partition coefficient (Wildman–Crippen LogP) is 1.67. The van der Waals surface area contributed by atoms with E-state index in [2.05, 4.69) is 12.6 Å². The second kappa shape index (κ2) is 6.10. The molecule has 19 heavy (non-hydrogen) atoms. The molecule has 1 aliphatic rings. The predicted molar refractivity (Wildman–Crippen MR) is 76.5 cm³/mol. The first-order valence-corrected chi connectivity index (χ1v) is 6.93. The largest absolute Gasteiger partial charge is 0.339 e. The van der Waals surface area contributed by atoms with E-state index in [0.29, 0.717) is 43.1 Å². The highest BCUT2D eigenvalue weighted by Crippen LogP contribution is 2.16. The number of nitrogens with zero attached hydrogens (tertiary/aromatic N) is 2. The van der Waals surface area contributed by atoms with Gasteiger partial charge in [0, 0.05) is 37.5 Å². The molecule has 1 saturated heterocycles. The first-order chi connectivity index (χ1) is 9.13. The summed E-state index contributed by atoms with van der Waals surface area (Å²) < 4.78 is 0. The van der Waals surface area contributed by atoms with Gasteiger partial charge >= 0.3 is 0 Å². The highest BCUT2D eigenvalue weighted by atomic mass is 32.1. The van der Waals surface area contributed by atoms with Gasteiger partial charge in [0.25, 0.3) is 5.91 Å². The van der Waals surface area contributed by atoms with Gasteiger partial charge in [0.1, 0.15) is 0 Å². The number of amides is 2. The molecule has 1 fully saturated rings. The normalized spacial score (nSPS) is 15.5. The summed E-state index contributed by atoms with van der Waals surface area (Å²) in [5.74, 6) is 0.149. The molecule has 0 aromatic heterocycles. The van der Waals surface area contributed by atoms with Crippen LogP contribution in [0.2, 0.25) is 0 Å². The first kappa shape index (κ1) is 13.9. The van der Waals surface area contributed by atoms with Crippen LogP contribution < -0.4 is 0 Å². The Morgan fingerprint density at radius 1 is 1.11 bits per heavy atom. The molecule has 0 radical (unpaired) electrons. The van der Waals surface area contributed by atoms with Gasteiger partial charge in [-0.1, -0.05) is 19.1 Å². The van der Waals surface area contributed by atoms with E-state index in [1.165, 1.54) is 0 Å². The van der Waals surface area contributed by atoms with Crippen LogP contribution in [0.4, 0.5) is 0 Å². The van der Waals surface area contributed by atoms with E-state index in [4.69, 9.17) is 0 Å². The van der Waals surface area contributed by atoms with Crippen molar-refractivity contribution in [1.29, 1.82) is 0 Å². The minimum Gasteiger partial charge on any atom is -0.339 e. The molecule has 1 aromatic rings. The minimum atomic E-state index is -0.00537. The fourth-order valence-electron chi connectivity index (χ4n) is 2.21. The van der Waals surface area contributed by atoms with Gasteiger partial charge in [-0.25, -0.2) is 0 Å². The van der Waals surface area contributed by atoms with E-state index in [0.717, 1.165) is 0 Å². The molecule has 102 valence electrons. The smallest absolute Gasteiger partial charge is 0.255 e. The van der Waals surface area contributed by atoms with E-state index in [9.17, 15) is 9.59 Å². The van der Waals surface area contributed by atoms with Gasteiger partial charge in [-0.15, -0.1) is 12.6 Å². The SMILES string of the molecule is CCC(=O)N1CCN(C(=O)c2ccccc2S)CC1. The summed E-state index contributed by atoms with van der Waals surface area (Å²) in [5, 5.41) is 0. The maximum atomic E-state index is 12.3. The zero-order valence-corrected chi connectivity index (χ0v) is 11.9. The van der Waals surface area contributed by atoms with E-state index in [1.54, 1.807) is 11.0 Å². The molecule has 1 heterocycles. The van der Waals surface area contributed by atoms with E-state index in [-0.39, 0.29) is 11.8 Å². The van der Waals surface area contributed by atoms with Crippen LogP contribution in [0.15, 0.2) is 29.2 Å². The average Bonchev–Trinajstić information content (AvgIpc) is 2.46. The highest BCUT2D eigenvalue weighted by Gasteiger charge is 2.24. The van der Waals surface area contributed by atoms with Crippen molar-refractivity contribution >= 4 is 24.4 Å². The second-order valence-corrected chi connectivity index (χ2v) is 5.03. The maximum absolute atomic E-state index is 12.3. The third kappa shape index (κ3) is 3.10. The van der Waals surface area contributed by atoms with Crippen molar-refractivity contribution in [1.82, 2.24) is 9.80 Å². The van der Waals surface area contributed by atoms with Crippen LogP contribution in [0.5, 0.6) is 0 Å². The van der Waals surface area contributed by atoms with Crippen LogP contribution in [0, 0.1) is 0 Å². The second-order valence-electron chi connectivity index (χ2n) is 4.54. The molecule has 1 aliphatic heterocycles. The molecular weight excluding hydrogens is 260 g/mol. The van der Waals surface area contributed by atoms with Crippen molar-refractivity contribution in [2.45, 2.75) is 18.2 Å². The number of rotatable bonds is 2. The van der Waals surface area contributed by atoms with Crippen LogP contribution >= 0.6 is 12.6 Å². The summed E-state index contributed by atoms with van der Waals surface area (Å²) in [6.45, 7) is 4.27. The Balaban J connectivity index is 2.00. The van der Waals surface area contributed by atoms with Crippen molar-refractivity contribution < 1.29 is 9.59 Å². The minimum absolute atomic E-state index is 0.00537. The highest BCUT2D eigenvalue weighted by molar-refractivity contribution is 7.80. The third-order valence-corrected chi connectivity index (χ3v) is 3.75. The Hall–Kier alpha value is -1.49. The lowest BCUT2D eigenvalue weighted by atomic mass is 10.1. The Bertz CT molecular complexity index is 482. The first-order valence-electron chi connectivity index (χ1n) is 6.48. The lowest BCUT2D eigenvalue weighted by molar-refractivity contribution is -0.132. The molecule has 0 N–H and O–H groups in total. The van der Waals surface area contributed by atoms with Crippen molar-refractivity contribution in [2.24, 2.45) is 0 Å². The summed E-state index contributed by atoms with van der Waals surface area (Å²) in [6.07, 6.45) is 0.521. The lowest BCUT2D eigenvalue weighted by Crippen LogP contribution is -2.50. The Kier molecular flexibility index (Phi) is 4.47. The van der Waals surface area contributed by atoms with Crippen LogP contribution in [-0.2, 0) is 4.79 Å². The number of carbonyl (C=O) groups excluding carboxylic acids is 2. The van der Waals surface area contributed by atoms with Gasteiger partial charge in [0.15, 0.2) is 0 Å². The van der Waals surface area contributed by atoms with Crippen LogP contribution in [0.25, 0.3) is 0 Å². The molecule has 2 rings (SSSR count). The molecule has 2 amide bonds. The molecule has 4 nitrogen and oxygen atoms in total. The Morgan fingerprint density at radius 2 is 1.68 bits per heavy atom. The van der Waals surface area contributed by atoms with Gasteiger partial charge < -0.3 is 9.80 Å². The summed E-state index contributed by atoms with van der Waals surface area (Å²) in [4.78, 5) is 28.2.